The molecule has 1 aliphatic carbocycles. The second-order valence-corrected chi connectivity index (χ2v) is 6.88. The molecule has 0 amide bonds. The first-order valence-electron chi connectivity index (χ1n) is 9.23. The lowest BCUT2D eigenvalue weighted by atomic mass is 9.93. The molecule has 7 nitrogen and oxygen atoms in total. The van der Waals surface area contributed by atoms with Gasteiger partial charge in [-0.3, -0.25) is 0 Å². The summed E-state index contributed by atoms with van der Waals surface area (Å²) >= 11 is 0. The van der Waals surface area contributed by atoms with E-state index in [4.69, 9.17) is 4.99 Å². The van der Waals surface area contributed by atoms with Crippen molar-refractivity contribution in [3.8, 4) is 0 Å². The van der Waals surface area contributed by atoms with Crippen LogP contribution in [0.3, 0.4) is 0 Å². The molecule has 0 saturated heterocycles. The number of nitrogens with one attached hydrogen (secondary N) is 2. The highest BCUT2D eigenvalue weighted by atomic mass is 127. The fourth-order valence-corrected chi connectivity index (χ4v) is 3.09. The molecule has 0 spiro atoms. The highest BCUT2D eigenvalue weighted by Crippen LogP contribution is 2.18. The lowest BCUT2D eigenvalue weighted by Gasteiger charge is -2.27. The van der Waals surface area contributed by atoms with Crippen molar-refractivity contribution in [3.05, 3.63) is 47.5 Å². The third kappa shape index (κ3) is 6.46. The number of hydrogen-bond acceptors (Lipinski definition) is 4. The van der Waals surface area contributed by atoms with E-state index in [2.05, 4.69) is 33.0 Å². The van der Waals surface area contributed by atoms with Crippen LogP contribution in [-0.4, -0.2) is 38.0 Å². The van der Waals surface area contributed by atoms with Crippen LogP contribution in [-0.2, 0) is 20.1 Å². The van der Waals surface area contributed by atoms with Gasteiger partial charge in [-0.1, -0.05) is 30.3 Å². The third-order valence-corrected chi connectivity index (χ3v) is 4.90. The van der Waals surface area contributed by atoms with Gasteiger partial charge in [0.1, 0.15) is 5.82 Å². The number of aliphatic hydroxyl groups excluding tert-OH is 1. The maximum absolute atomic E-state index is 9.71. The fraction of sp³-hybridized carbons (Fsp3) is 0.526. The Morgan fingerprint density at radius 3 is 2.52 bits per heavy atom. The van der Waals surface area contributed by atoms with Gasteiger partial charge in [0.05, 0.1) is 19.2 Å². The number of rotatable bonds is 5. The Balaban J connectivity index is 0.00000261. The van der Waals surface area contributed by atoms with Crippen LogP contribution in [0.15, 0.2) is 35.3 Å². The number of aliphatic hydroxyl groups is 1. The molecular weight excluding hydrogens is 455 g/mol. The van der Waals surface area contributed by atoms with Crippen molar-refractivity contribution in [1.82, 2.24) is 25.4 Å². The van der Waals surface area contributed by atoms with E-state index in [-0.39, 0.29) is 30.1 Å². The molecule has 1 heterocycles. The minimum atomic E-state index is -0.160. The number of guanidine groups is 1. The van der Waals surface area contributed by atoms with E-state index in [1.54, 1.807) is 0 Å². The maximum Gasteiger partial charge on any atom is 0.192 e. The molecule has 2 aromatic rings. The monoisotopic (exact) mass is 484 g/mol. The minimum absolute atomic E-state index is 0. The van der Waals surface area contributed by atoms with E-state index in [1.165, 1.54) is 5.56 Å². The molecule has 27 heavy (non-hydrogen) atoms. The van der Waals surface area contributed by atoms with Crippen LogP contribution in [0.1, 0.15) is 42.9 Å². The van der Waals surface area contributed by atoms with Gasteiger partial charge in [0.25, 0.3) is 0 Å². The molecule has 1 aliphatic rings. The van der Waals surface area contributed by atoms with Gasteiger partial charge in [-0.05, 0) is 38.2 Å². The number of aryl methyl sites for hydroxylation is 1. The molecule has 1 fully saturated rings. The molecule has 0 aliphatic heterocycles. The van der Waals surface area contributed by atoms with Crippen LogP contribution >= 0.6 is 24.0 Å². The number of halogens is 1. The van der Waals surface area contributed by atoms with Crippen molar-refractivity contribution in [2.45, 2.75) is 57.8 Å². The summed E-state index contributed by atoms with van der Waals surface area (Å²) in [6, 6.07) is 10.5. The summed E-state index contributed by atoms with van der Waals surface area (Å²) in [5.41, 5.74) is 1.17. The lowest BCUT2D eigenvalue weighted by molar-refractivity contribution is 0.120. The number of hydrogen-bond donors (Lipinski definition) is 3. The summed E-state index contributed by atoms with van der Waals surface area (Å²) in [4.78, 5) is 4.73. The zero-order valence-electron chi connectivity index (χ0n) is 15.9. The number of aromatic nitrogens is 3. The molecule has 1 aromatic carbocycles. The van der Waals surface area contributed by atoms with Gasteiger partial charge < -0.3 is 20.3 Å². The van der Waals surface area contributed by atoms with Crippen LogP contribution in [0.2, 0.25) is 0 Å². The maximum atomic E-state index is 9.71. The summed E-state index contributed by atoms with van der Waals surface area (Å²) in [6.45, 7) is 3.11. The average molecular weight is 484 g/mol. The largest absolute Gasteiger partial charge is 0.393 e. The number of aliphatic imine (C=N–C) groups is 1. The molecule has 0 radical (unpaired) electrons. The summed E-state index contributed by atoms with van der Waals surface area (Å²) in [7, 11) is 1.96. The average Bonchev–Trinajstić information content (AvgIpc) is 2.98. The van der Waals surface area contributed by atoms with Crippen LogP contribution in [0.25, 0.3) is 0 Å². The zero-order chi connectivity index (χ0) is 18.4. The smallest absolute Gasteiger partial charge is 0.192 e. The zero-order valence-corrected chi connectivity index (χ0v) is 18.3. The van der Waals surface area contributed by atoms with Crippen LogP contribution in [0.5, 0.6) is 0 Å². The van der Waals surface area contributed by atoms with E-state index >= 15 is 0 Å². The van der Waals surface area contributed by atoms with E-state index < -0.39 is 0 Å². The Labute approximate surface area is 177 Å². The number of nitrogens with zero attached hydrogens (tertiary/aromatic N) is 4. The second kappa shape index (κ2) is 10.6. The summed E-state index contributed by atoms with van der Waals surface area (Å²) in [6.07, 6.45) is 3.43. The molecule has 0 bridgehead atoms. The summed E-state index contributed by atoms with van der Waals surface area (Å²) in [5, 5.41) is 24.9. The van der Waals surface area contributed by atoms with Crippen LogP contribution < -0.4 is 10.6 Å². The van der Waals surface area contributed by atoms with Gasteiger partial charge in [-0.2, -0.15) is 0 Å². The van der Waals surface area contributed by atoms with Crippen molar-refractivity contribution in [2.75, 3.05) is 0 Å². The SMILES string of the molecule is Cc1nnc(CNC(=NCc2ccccc2)NC2CCC(O)CC2)n1C.I. The van der Waals surface area contributed by atoms with Gasteiger partial charge in [0.2, 0.25) is 0 Å². The van der Waals surface area contributed by atoms with E-state index in [9.17, 15) is 5.11 Å². The molecule has 1 saturated carbocycles. The molecule has 3 rings (SSSR count). The second-order valence-electron chi connectivity index (χ2n) is 6.88. The highest BCUT2D eigenvalue weighted by molar-refractivity contribution is 14.0. The fourth-order valence-electron chi connectivity index (χ4n) is 3.09. The van der Waals surface area contributed by atoms with Crippen LogP contribution in [0, 0.1) is 6.92 Å². The molecule has 8 heteroatoms. The van der Waals surface area contributed by atoms with Gasteiger partial charge >= 0.3 is 0 Å². The summed E-state index contributed by atoms with van der Waals surface area (Å²) in [5.74, 6) is 2.53. The Morgan fingerprint density at radius 1 is 1.19 bits per heavy atom. The van der Waals surface area contributed by atoms with Gasteiger partial charge in [-0.25, -0.2) is 4.99 Å². The Bertz CT molecular complexity index is 725. The molecule has 0 atom stereocenters. The van der Waals surface area contributed by atoms with Crippen molar-refractivity contribution >= 4 is 29.9 Å². The lowest BCUT2D eigenvalue weighted by Crippen LogP contribution is -2.45. The van der Waals surface area contributed by atoms with E-state index in [0.717, 1.165) is 43.3 Å². The standard InChI is InChI=1S/C19H28N6O.HI/c1-14-23-24-18(25(14)2)13-21-19(20-12-15-6-4-3-5-7-15)22-16-8-10-17(26)11-9-16;/h3-7,16-17,26H,8-13H2,1-2H3,(H2,20,21,22);1H. The first-order valence-corrected chi connectivity index (χ1v) is 9.23. The molecule has 0 unspecified atom stereocenters. The van der Waals surface area contributed by atoms with Crippen molar-refractivity contribution in [1.29, 1.82) is 0 Å². The van der Waals surface area contributed by atoms with Gasteiger partial charge in [0, 0.05) is 13.1 Å². The Hall–Kier alpha value is -1.68. The van der Waals surface area contributed by atoms with E-state index in [0.29, 0.717) is 19.1 Å². The predicted octanol–water partition coefficient (Wildman–Crippen LogP) is 2.28. The van der Waals surface area contributed by atoms with Gasteiger partial charge in [0.15, 0.2) is 11.8 Å². The predicted molar refractivity (Wildman–Crippen MR) is 117 cm³/mol. The van der Waals surface area contributed by atoms with E-state index in [1.807, 2.05) is 36.7 Å². The number of benzene rings is 1. The van der Waals surface area contributed by atoms with Crippen molar-refractivity contribution in [2.24, 2.45) is 12.0 Å². The molecular formula is C19H29IN6O. The molecule has 3 N–H and O–H groups in total. The third-order valence-electron chi connectivity index (χ3n) is 4.90. The molecule has 148 valence electrons. The highest BCUT2D eigenvalue weighted by Gasteiger charge is 2.20. The first-order chi connectivity index (χ1) is 12.6. The Morgan fingerprint density at radius 2 is 1.89 bits per heavy atom. The Kier molecular flexibility index (Phi) is 8.49. The molecule has 1 aromatic heterocycles. The summed E-state index contributed by atoms with van der Waals surface area (Å²) < 4.78 is 1.97. The first kappa shape index (κ1) is 21.6. The van der Waals surface area contributed by atoms with Crippen LogP contribution in [0.4, 0.5) is 0 Å². The normalized spacial score (nSPS) is 20.0. The van der Waals surface area contributed by atoms with Crippen molar-refractivity contribution < 1.29 is 5.11 Å². The topological polar surface area (TPSA) is 87.4 Å². The van der Waals surface area contributed by atoms with Crippen molar-refractivity contribution in [3.63, 3.8) is 0 Å². The quantitative estimate of drug-likeness (QED) is 0.345. The van der Waals surface area contributed by atoms with Gasteiger partial charge in [-0.15, -0.1) is 34.2 Å². The minimum Gasteiger partial charge on any atom is -0.393 e.